The smallest absolute Gasteiger partial charge is 0.254 e. The first-order chi connectivity index (χ1) is 8.20. The standard InChI is InChI=1S/C12H18ClN3O/c1-16-8-11(7-15-16)12(17)14-6-10-4-2-3-9(10)5-13/h7-10H,2-6H2,1H3,(H,14,17). The van der Waals surface area contributed by atoms with Gasteiger partial charge in [0, 0.05) is 25.7 Å². The predicted octanol–water partition coefficient (Wildman–Crippen LogP) is 1.80. The third-order valence-electron chi connectivity index (χ3n) is 3.51. The van der Waals surface area contributed by atoms with E-state index in [1.165, 1.54) is 19.3 Å². The van der Waals surface area contributed by atoms with Gasteiger partial charge in [-0.2, -0.15) is 5.10 Å². The Morgan fingerprint density at radius 1 is 1.59 bits per heavy atom. The van der Waals surface area contributed by atoms with Crippen molar-refractivity contribution in [2.45, 2.75) is 19.3 Å². The van der Waals surface area contributed by atoms with Crippen molar-refractivity contribution in [2.24, 2.45) is 18.9 Å². The molecule has 1 aromatic heterocycles. The van der Waals surface area contributed by atoms with Crippen LogP contribution in [0.3, 0.4) is 0 Å². The Kier molecular flexibility index (Phi) is 4.05. The molecule has 1 aliphatic rings. The number of carbonyl (C=O) groups is 1. The maximum Gasteiger partial charge on any atom is 0.254 e. The summed E-state index contributed by atoms with van der Waals surface area (Å²) in [6.45, 7) is 0.727. The number of halogens is 1. The SMILES string of the molecule is Cn1cc(C(=O)NCC2CCCC2CCl)cn1. The van der Waals surface area contributed by atoms with E-state index in [-0.39, 0.29) is 5.91 Å². The molecular formula is C12H18ClN3O. The van der Waals surface area contributed by atoms with Gasteiger partial charge in [0.2, 0.25) is 0 Å². The molecule has 0 aliphatic heterocycles. The molecule has 2 unspecified atom stereocenters. The van der Waals surface area contributed by atoms with E-state index in [9.17, 15) is 4.79 Å². The topological polar surface area (TPSA) is 46.9 Å². The molecule has 0 spiro atoms. The number of alkyl halides is 1. The van der Waals surface area contributed by atoms with Gasteiger partial charge in [0.05, 0.1) is 11.8 Å². The van der Waals surface area contributed by atoms with Crippen molar-refractivity contribution in [3.8, 4) is 0 Å². The van der Waals surface area contributed by atoms with E-state index in [0.29, 0.717) is 23.3 Å². The third-order valence-corrected chi connectivity index (χ3v) is 3.90. The number of carbonyl (C=O) groups excluding carboxylic acids is 1. The van der Waals surface area contributed by atoms with E-state index in [2.05, 4.69) is 10.4 Å². The van der Waals surface area contributed by atoms with Gasteiger partial charge in [0.1, 0.15) is 0 Å². The van der Waals surface area contributed by atoms with Crippen molar-refractivity contribution in [3.63, 3.8) is 0 Å². The zero-order chi connectivity index (χ0) is 12.3. The number of nitrogens with one attached hydrogen (secondary N) is 1. The van der Waals surface area contributed by atoms with Crippen LogP contribution in [0, 0.1) is 11.8 Å². The molecule has 2 rings (SSSR count). The van der Waals surface area contributed by atoms with Crippen LogP contribution < -0.4 is 5.32 Å². The van der Waals surface area contributed by atoms with Crippen molar-refractivity contribution < 1.29 is 4.79 Å². The second-order valence-corrected chi connectivity index (χ2v) is 5.03. The van der Waals surface area contributed by atoms with E-state index in [1.807, 2.05) is 0 Å². The van der Waals surface area contributed by atoms with Crippen molar-refractivity contribution in [1.82, 2.24) is 15.1 Å². The quantitative estimate of drug-likeness (QED) is 0.834. The molecule has 1 heterocycles. The highest BCUT2D eigenvalue weighted by molar-refractivity contribution is 6.18. The Morgan fingerprint density at radius 3 is 3.00 bits per heavy atom. The molecule has 0 bridgehead atoms. The van der Waals surface area contributed by atoms with Crippen LogP contribution in [0.25, 0.3) is 0 Å². The molecule has 1 amide bonds. The normalized spacial score (nSPS) is 23.9. The fraction of sp³-hybridized carbons (Fsp3) is 0.667. The second-order valence-electron chi connectivity index (χ2n) is 4.72. The van der Waals surface area contributed by atoms with Crippen molar-refractivity contribution in [2.75, 3.05) is 12.4 Å². The minimum atomic E-state index is -0.0432. The Balaban J connectivity index is 1.84. The van der Waals surface area contributed by atoms with Gasteiger partial charge >= 0.3 is 0 Å². The fourth-order valence-electron chi connectivity index (χ4n) is 2.45. The Labute approximate surface area is 106 Å². The van der Waals surface area contributed by atoms with Gasteiger partial charge in [-0.25, -0.2) is 0 Å². The summed E-state index contributed by atoms with van der Waals surface area (Å²) in [5.41, 5.74) is 0.618. The summed E-state index contributed by atoms with van der Waals surface area (Å²) >= 11 is 5.91. The molecule has 1 N–H and O–H groups in total. The average molecular weight is 256 g/mol. The van der Waals surface area contributed by atoms with Crippen LogP contribution >= 0.6 is 11.6 Å². The second kappa shape index (κ2) is 5.54. The third kappa shape index (κ3) is 3.00. The van der Waals surface area contributed by atoms with Gasteiger partial charge in [-0.1, -0.05) is 6.42 Å². The number of rotatable bonds is 4. The van der Waals surface area contributed by atoms with Gasteiger partial charge in [-0.3, -0.25) is 9.48 Å². The molecule has 17 heavy (non-hydrogen) atoms. The van der Waals surface area contributed by atoms with Gasteiger partial charge < -0.3 is 5.32 Å². The molecule has 1 aliphatic carbocycles. The molecule has 94 valence electrons. The molecule has 0 radical (unpaired) electrons. The predicted molar refractivity (Wildman–Crippen MR) is 67.1 cm³/mol. The van der Waals surface area contributed by atoms with Crippen LogP contribution in [-0.2, 0) is 7.05 Å². The highest BCUT2D eigenvalue weighted by atomic mass is 35.5. The van der Waals surface area contributed by atoms with E-state index < -0.39 is 0 Å². The average Bonchev–Trinajstić information content (AvgIpc) is 2.94. The van der Waals surface area contributed by atoms with Crippen LogP contribution in [0.2, 0.25) is 0 Å². The lowest BCUT2D eigenvalue weighted by molar-refractivity contribution is 0.0944. The summed E-state index contributed by atoms with van der Waals surface area (Å²) in [7, 11) is 1.80. The molecule has 1 fully saturated rings. The Morgan fingerprint density at radius 2 is 2.35 bits per heavy atom. The van der Waals surface area contributed by atoms with Crippen molar-refractivity contribution in [1.29, 1.82) is 0 Å². The lowest BCUT2D eigenvalue weighted by Gasteiger charge is -2.17. The molecule has 0 aromatic carbocycles. The lowest BCUT2D eigenvalue weighted by atomic mass is 9.98. The van der Waals surface area contributed by atoms with Crippen LogP contribution in [0.4, 0.5) is 0 Å². The van der Waals surface area contributed by atoms with E-state index in [1.54, 1.807) is 24.1 Å². The summed E-state index contributed by atoms with van der Waals surface area (Å²) in [5.74, 6) is 1.75. The number of hydrogen-bond donors (Lipinski definition) is 1. The number of amides is 1. The number of aryl methyl sites for hydroxylation is 1. The highest BCUT2D eigenvalue weighted by Gasteiger charge is 2.26. The maximum absolute atomic E-state index is 11.8. The molecule has 1 saturated carbocycles. The molecule has 5 heteroatoms. The Hall–Kier alpha value is -1.03. The first kappa shape index (κ1) is 12.4. The van der Waals surface area contributed by atoms with Gasteiger partial charge in [0.25, 0.3) is 5.91 Å². The minimum Gasteiger partial charge on any atom is -0.352 e. The molecule has 4 nitrogen and oxygen atoms in total. The molecule has 1 aromatic rings. The maximum atomic E-state index is 11.8. The van der Waals surface area contributed by atoms with E-state index >= 15 is 0 Å². The van der Waals surface area contributed by atoms with Gasteiger partial charge in [-0.15, -0.1) is 11.6 Å². The minimum absolute atomic E-state index is 0.0432. The summed E-state index contributed by atoms with van der Waals surface area (Å²) in [4.78, 5) is 11.8. The molecule has 2 atom stereocenters. The number of aromatic nitrogens is 2. The first-order valence-corrected chi connectivity index (χ1v) is 6.57. The van der Waals surface area contributed by atoms with Crippen LogP contribution in [0.5, 0.6) is 0 Å². The Bertz CT molecular complexity index is 391. The van der Waals surface area contributed by atoms with Crippen molar-refractivity contribution >= 4 is 17.5 Å². The molecular weight excluding hydrogens is 238 g/mol. The largest absolute Gasteiger partial charge is 0.352 e. The zero-order valence-electron chi connectivity index (χ0n) is 10.0. The van der Waals surface area contributed by atoms with Crippen LogP contribution in [0.1, 0.15) is 29.6 Å². The summed E-state index contributed by atoms with van der Waals surface area (Å²) < 4.78 is 1.63. The van der Waals surface area contributed by atoms with E-state index in [0.717, 1.165) is 6.54 Å². The van der Waals surface area contributed by atoms with Crippen LogP contribution in [0.15, 0.2) is 12.4 Å². The van der Waals surface area contributed by atoms with Crippen LogP contribution in [-0.4, -0.2) is 28.1 Å². The number of hydrogen-bond acceptors (Lipinski definition) is 2. The molecule has 0 saturated heterocycles. The van der Waals surface area contributed by atoms with Gasteiger partial charge in [-0.05, 0) is 24.7 Å². The lowest BCUT2D eigenvalue weighted by Crippen LogP contribution is -2.31. The fourth-order valence-corrected chi connectivity index (χ4v) is 2.86. The van der Waals surface area contributed by atoms with E-state index in [4.69, 9.17) is 11.6 Å². The summed E-state index contributed by atoms with van der Waals surface area (Å²) in [5, 5.41) is 6.95. The zero-order valence-corrected chi connectivity index (χ0v) is 10.8. The monoisotopic (exact) mass is 255 g/mol. The van der Waals surface area contributed by atoms with Gasteiger partial charge in [0.15, 0.2) is 0 Å². The highest BCUT2D eigenvalue weighted by Crippen LogP contribution is 2.31. The first-order valence-electron chi connectivity index (χ1n) is 6.03. The number of nitrogens with zero attached hydrogens (tertiary/aromatic N) is 2. The summed E-state index contributed by atoms with van der Waals surface area (Å²) in [6, 6.07) is 0. The summed E-state index contributed by atoms with van der Waals surface area (Å²) in [6.07, 6.45) is 6.90. The van der Waals surface area contributed by atoms with Crippen molar-refractivity contribution in [3.05, 3.63) is 18.0 Å².